The second-order valence-electron chi connectivity index (χ2n) is 9.26. The van der Waals surface area contributed by atoms with Gasteiger partial charge in [-0.05, 0) is 47.9 Å². The van der Waals surface area contributed by atoms with E-state index in [1.165, 1.54) is 0 Å². The molecule has 36 heavy (non-hydrogen) atoms. The van der Waals surface area contributed by atoms with Gasteiger partial charge in [-0.1, -0.05) is 133 Å². The first-order valence-electron chi connectivity index (χ1n) is 12.7. The molecule has 0 spiro atoms. The average Bonchev–Trinajstić information content (AvgIpc) is 2.96. The highest BCUT2D eigenvalue weighted by Crippen LogP contribution is 2.49. The lowest BCUT2D eigenvalue weighted by molar-refractivity contribution is -0.128. The van der Waals surface area contributed by atoms with Crippen LogP contribution in [0.4, 0.5) is 0 Å². The van der Waals surface area contributed by atoms with E-state index in [2.05, 4.69) is 61.7 Å². The Balaban J connectivity index is 2.11. The first-order valence-corrected chi connectivity index (χ1v) is 12.7. The molecular weight excluding hydrogens is 436 g/mol. The minimum Gasteiger partial charge on any atom is -0.297 e. The number of rotatable bonds is 12. The molecule has 0 unspecified atom stereocenters. The van der Waals surface area contributed by atoms with E-state index in [0.717, 1.165) is 35.1 Å². The topological polar surface area (TPSA) is 17.1 Å². The Bertz CT molecular complexity index is 1080. The zero-order valence-corrected chi connectivity index (χ0v) is 20.9. The molecule has 0 heterocycles. The van der Waals surface area contributed by atoms with E-state index in [4.69, 9.17) is 0 Å². The molecule has 0 aliphatic rings. The van der Waals surface area contributed by atoms with Crippen LogP contribution in [-0.2, 0) is 15.6 Å². The third kappa shape index (κ3) is 4.62. The molecule has 0 saturated heterocycles. The van der Waals surface area contributed by atoms with Crippen LogP contribution in [0.25, 0.3) is 0 Å². The van der Waals surface area contributed by atoms with E-state index in [-0.39, 0.29) is 5.78 Å². The molecule has 0 amide bonds. The molecule has 0 aliphatic carbocycles. The van der Waals surface area contributed by atoms with Crippen molar-refractivity contribution in [1.29, 1.82) is 0 Å². The maximum atomic E-state index is 15.6. The summed E-state index contributed by atoms with van der Waals surface area (Å²) in [4.78, 5) is 15.6. The normalized spacial score (nSPS) is 11.6. The van der Waals surface area contributed by atoms with E-state index in [1.807, 2.05) is 84.9 Å². The number of carbonyl (C=O) groups excluding carboxylic acids is 1. The molecule has 0 aliphatic heterocycles. The van der Waals surface area contributed by atoms with Crippen molar-refractivity contribution in [3.05, 3.63) is 169 Å². The van der Waals surface area contributed by atoms with Gasteiger partial charge in [0.25, 0.3) is 0 Å². The Morgan fingerprint density at radius 3 is 0.972 bits per heavy atom. The second-order valence-corrected chi connectivity index (χ2v) is 9.26. The predicted molar refractivity (Wildman–Crippen MR) is 151 cm³/mol. The summed E-state index contributed by atoms with van der Waals surface area (Å²) in [6.07, 6.45) is 6.56. The summed E-state index contributed by atoms with van der Waals surface area (Å²) < 4.78 is 0. The Kier molecular flexibility index (Phi) is 8.13. The second kappa shape index (κ2) is 11.6. The van der Waals surface area contributed by atoms with Gasteiger partial charge in [0.1, 0.15) is 0 Å². The number of allylic oxidation sites excluding steroid dienone is 2. The quantitative estimate of drug-likeness (QED) is 0.190. The van der Waals surface area contributed by atoms with Gasteiger partial charge in [-0.15, -0.1) is 13.2 Å². The number of hydrogen-bond acceptors (Lipinski definition) is 1. The molecule has 0 fully saturated rings. The van der Waals surface area contributed by atoms with Crippen molar-refractivity contribution in [2.75, 3.05) is 0 Å². The molecule has 4 rings (SSSR count). The Morgan fingerprint density at radius 1 is 0.500 bits per heavy atom. The van der Waals surface area contributed by atoms with Crippen LogP contribution in [-0.4, -0.2) is 5.78 Å². The Labute approximate surface area is 215 Å². The third-order valence-electron chi connectivity index (χ3n) is 7.29. The highest BCUT2D eigenvalue weighted by Gasteiger charge is 2.53. The average molecular weight is 471 g/mol. The summed E-state index contributed by atoms with van der Waals surface area (Å²) in [6, 6.07) is 41.1. The van der Waals surface area contributed by atoms with E-state index >= 15 is 4.79 Å². The van der Waals surface area contributed by atoms with Crippen molar-refractivity contribution in [3.8, 4) is 0 Å². The molecule has 4 aromatic rings. The molecule has 0 radical (unpaired) electrons. The maximum Gasteiger partial charge on any atom is 0.162 e. The Morgan fingerprint density at radius 2 is 0.750 bits per heavy atom. The first kappa shape index (κ1) is 25.1. The van der Waals surface area contributed by atoms with Crippen LogP contribution in [0.15, 0.2) is 147 Å². The number of benzene rings is 4. The van der Waals surface area contributed by atoms with Crippen molar-refractivity contribution < 1.29 is 4.79 Å². The molecule has 0 bridgehead atoms. The summed E-state index contributed by atoms with van der Waals surface area (Å²) in [5, 5.41) is 0. The van der Waals surface area contributed by atoms with Crippen molar-refractivity contribution in [1.82, 2.24) is 0 Å². The van der Waals surface area contributed by atoms with Gasteiger partial charge in [-0.25, -0.2) is 0 Å². The van der Waals surface area contributed by atoms with Gasteiger partial charge < -0.3 is 0 Å². The minimum atomic E-state index is -0.858. The highest BCUT2D eigenvalue weighted by atomic mass is 16.1. The summed E-state index contributed by atoms with van der Waals surface area (Å²) in [6.45, 7) is 8.03. The summed E-state index contributed by atoms with van der Waals surface area (Å²) >= 11 is 0. The van der Waals surface area contributed by atoms with Crippen molar-refractivity contribution >= 4 is 5.78 Å². The third-order valence-corrected chi connectivity index (χ3v) is 7.29. The van der Waals surface area contributed by atoms with Gasteiger partial charge in [0.15, 0.2) is 5.78 Å². The molecule has 180 valence electrons. The van der Waals surface area contributed by atoms with E-state index in [0.29, 0.717) is 12.8 Å². The first-order chi connectivity index (χ1) is 17.7. The molecule has 0 saturated carbocycles. The lowest BCUT2D eigenvalue weighted by atomic mass is 9.56. The largest absolute Gasteiger partial charge is 0.297 e. The van der Waals surface area contributed by atoms with Crippen LogP contribution in [0.1, 0.15) is 47.9 Å². The number of hydrogen-bond donors (Lipinski definition) is 0. The number of ketones is 1. The van der Waals surface area contributed by atoms with Crippen LogP contribution in [0.5, 0.6) is 0 Å². The molecule has 1 heteroatoms. The number of Topliss-reactive ketones (excluding diaryl/α,β-unsaturated/α-hetero) is 1. The molecule has 1 nitrogen and oxygen atoms in total. The van der Waals surface area contributed by atoms with E-state index < -0.39 is 10.8 Å². The smallest absolute Gasteiger partial charge is 0.162 e. The fourth-order valence-electron chi connectivity index (χ4n) is 5.55. The summed E-state index contributed by atoms with van der Waals surface area (Å²) in [5.41, 5.74) is 2.33. The van der Waals surface area contributed by atoms with Crippen LogP contribution in [0, 0.1) is 0 Å². The summed E-state index contributed by atoms with van der Waals surface area (Å²) in [5.74, 6) is 0.188. The maximum absolute atomic E-state index is 15.6. The van der Waals surface area contributed by atoms with Crippen LogP contribution >= 0.6 is 0 Å². The van der Waals surface area contributed by atoms with Crippen LogP contribution in [0.2, 0.25) is 0 Å². The van der Waals surface area contributed by atoms with E-state index in [1.54, 1.807) is 0 Å². The lowest BCUT2D eigenvalue weighted by Gasteiger charge is -2.44. The monoisotopic (exact) mass is 470 g/mol. The van der Waals surface area contributed by atoms with Gasteiger partial charge in [0.05, 0.1) is 10.8 Å². The van der Waals surface area contributed by atoms with Gasteiger partial charge in [0, 0.05) is 0 Å². The highest BCUT2D eigenvalue weighted by molar-refractivity contribution is 6.04. The zero-order valence-electron chi connectivity index (χ0n) is 20.9. The van der Waals surface area contributed by atoms with Gasteiger partial charge >= 0.3 is 0 Å². The van der Waals surface area contributed by atoms with Crippen molar-refractivity contribution in [3.63, 3.8) is 0 Å². The molecule has 0 atom stereocenters. The fraction of sp³-hybridized carbons (Fsp3) is 0.171. The van der Waals surface area contributed by atoms with Crippen molar-refractivity contribution in [2.45, 2.75) is 36.5 Å². The molecular formula is C35H34O. The molecule has 4 aromatic carbocycles. The Hall–Kier alpha value is -3.97. The van der Waals surface area contributed by atoms with Gasteiger partial charge in [-0.3, -0.25) is 4.79 Å². The van der Waals surface area contributed by atoms with Gasteiger partial charge in [-0.2, -0.15) is 0 Å². The fourth-order valence-corrected chi connectivity index (χ4v) is 5.55. The van der Waals surface area contributed by atoms with Gasteiger partial charge in [0.2, 0.25) is 0 Å². The standard InChI is InChI=1S/C35H34O/c1-3-5-27-34(29-19-11-7-12-20-29,30-21-13-8-14-22-30)33(36)35(28-6-4-2,31-23-15-9-16-24-31)32-25-17-10-18-26-32/h3-4,7-26H,1-2,5-6,27-28H2. The number of carbonyl (C=O) groups is 1. The summed E-state index contributed by atoms with van der Waals surface area (Å²) in [7, 11) is 0. The van der Waals surface area contributed by atoms with E-state index in [9.17, 15) is 0 Å². The SMILES string of the molecule is C=CCCC(C(=O)C(CCC=C)(c1ccccc1)c1ccccc1)(c1ccccc1)c1ccccc1. The lowest BCUT2D eigenvalue weighted by Crippen LogP contribution is -2.50. The molecule has 0 aromatic heterocycles. The van der Waals surface area contributed by atoms with Crippen LogP contribution in [0.3, 0.4) is 0 Å². The van der Waals surface area contributed by atoms with Crippen LogP contribution < -0.4 is 0 Å². The minimum absolute atomic E-state index is 0.188. The van der Waals surface area contributed by atoms with Crippen molar-refractivity contribution in [2.24, 2.45) is 0 Å². The zero-order chi connectivity index (χ0) is 25.3. The molecule has 0 N–H and O–H groups in total. The predicted octanol–water partition coefficient (Wildman–Crippen LogP) is 8.46.